The number of carbonyl (C=O) groups is 1. The third-order valence-electron chi connectivity index (χ3n) is 2.78. The molecular formula is C15H10F2N2O. The van der Waals surface area contributed by atoms with Gasteiger partial charge in [-0.05, 0) is 42.8 Å². The summed E-state index contributed by atoms with van der Waals surface area (Å²) < 4.78 is 27.3. The van der Waals surface area contributed by atoms with Gasteiger partial charge in [0.15, 0.2) is 0 Å². The molecule has 0 aliphatic rings. The van der Waals surface area contributed by atoms with Gasteiger partial charge in [0.1, 0.15) is 17.2 Å². The first-order valence-electron chi connectivity index (χ1n) is 5.79. The molecule has 0 radical (unpaired) electrons. The molecule has 0 aliphatic heterocycles. The molecular weight excluding hydrogens is 262 g/mol. The highest BCUT2D eigenvalue weighted by Gasteiger charge is 2.19. The van der Waals surface area contributed by atoms with E-state index in [1.165, 1.54) is 37.3 Å². The van der Waals surface area contributed by atoms with Crippen molar-refractivity contribution in [2.75, 3.05) is 5.32 Å². The van der Waals surface area contributed by atoms with Crippen molar-refractivity contribution in [3.05, 3.63) is 64.7 Å². The highest BCUT2D eigenvalue weighted by atomic mass is 19.1. The van der Waals surface area contributed by atoms with E-state index in [9.17, 15) is 13.6 Å². The Balaban J connectivity index is 2.28. The van der Waals surface area contributed by atoms with Crippen LogP contribution in [0.25, 0.3) is 0 Å². The summed E-state index contributed by atoms with van der Waals surface area (Å²) in [5.74, 6) is -2.66. The zero-order valence-corrected chi connectivity index (χ0v) is 10.6. The Hall–Kier alpha value is -2.74. The van der Waals surface area contributed by atoms with Crippen molar-refractivity contribution in [3.8, 4) is 6.07 Å². The van der Waals surface area contributed by atoms with Gasteiger partial charge in [-0.1, -0.05) is 6.07 Å². The Kier molecular flexibility index (Phi) is 3.76. The first kappa shape index (κ1) is 13.7. The second-order valence-electron chi connectivity index (χ2n) is 4.20. The van der Waals surface area contributed by atoms with Crippen molar-refractivity contribution in [1.82, 2.24) is 0 Å². The van der Waals surface area contributed by atoms with Crippen molar-refractivity contribution < 1.29 is 13.6 Å². The van der Waals surface area contributed by atoms with Crippen LogP contribution in [0.5, 0.6) is 0 Å². The zero-order valence-electron chi connectivity index (χ0n) is 10.6. The predicted molar refractivity (Wildman–Crippen MR) is 70.2 cm³/mol. The smallest absolute Gasteiger partial charge is 0.261 e. The third kappa shape index (κ3) is 2.64. The van der Waals surface area contributed by atoms with Crippen molar-refractivity contribution in [2.24, 2.45) is 0 Å². The molecule has 0 saturated heterocycles. The third-order valence-corrected chi connectivity index (χ3v) is 2.78. The topological polar surface area (TPSA) is 52.9 Å². The molecule has 100 valence electrons. The number of halogens is 2. The standard InChI is InChI=1S/C15H10F2N2O/c1-9-2-7-12(16)13(14(9)17)15(20)19-11-5-3-10(8-18)4-6-11/h2-7H,1H3,(H,19,20). The SMILES string of the molecule is Cc1ccc(F)c(C(=O)Nc2ccc(C#N)cc2)c1F. The minimum absolute atomic E-state index is 0.191. The normalized spacial score (nSPS) is 9.90. The van der Waals surface area contributed by atoms with Crippen LogP contribution in [0.3, 0.4) is 0 Å². The van der Waals surface area contributed by atoms with Crippen LogP contribution in [0.4, 0.5) is 14.5 Å². The fourth-order valence-corrected chi connectivity index (χ4v) is 1.69. The first-order chi connectivity index (χ1) is 9.52. The van der Waals surface area contributed by atoms with Gasteiger partial charge in [0.25, 0.3) is 5.91 Å². The summed E-state index contributed by atoms with van der Waals surface area (Å²) in [6, 6.07) is 10.2. The van der Waals surface area contributed by atoms with E-state index in [-0.39, 0.29) is 5.56 Å². The first-order valence-corrected chi connectivity index (χ1v) is 5.79. The number of amides is 1. The van der Waals surface area contributed by atoms with E-state index < -0.39 is 23.1 Å². The van der Waals surface area contributed by atoms with Gasteiger partial charge in [0, 0.05) is 5.69 Å². The van der Waals surface area contributed by atoms with Crippen LogP contribution in [0, 0.1) is 29.9 Å². The molecule has 1 amide bonds. The van der Waals surface area contributed by atoms with Crippen LogP contribution in [-0.4, -0.2) is 5.91 Å². The number of anilines is 1. The molecule has 0 fully saturated rings. The second kappa shape index (κ2) is 5.49. The molecule has 0 unspecified atom stereocenters. The summed E-state index contributed by atoms with van der Waals surface area (Å²) in [4.78, 5) is 11.9. The molecule has 3 nitrogen and oxygen atoms in total. The van der Waals surface area contributed by atoms with Crippen LogP contribution >= 0.6 is 0 Å². The Morgan fingerprint density at radius 2 is 1.80 bits per heavy atom. The molecule has 0 spiro atoms. The summed E-state index contributed by atoms with van der Waals surface area (Å²) in [7, 11) is 0. The summed E-state index contributed by atoms with van der Waals surface area (Å²) in [5.41, 5.74) is 0.357. The minimum atomic E-state index is -0.917. The largest absolute Gasteiger partial charge is 0.322 e. The van der Waals surface area contributed by atoms with Gasteiger partial charge in [0.05, 0.1) is 11.6 Å². The maximum absolute atomic E-state index is 13.8. The van der Waals surface area contributed by atoms with Gasteiger partial charge in [-0.15, -0.1) is 0 Å². The van der Waals surface area contributed by atoms with Crippen molar-refractivity contribution in [3.63, 3.8) is 0 Å². The number of benzene rings is 2. The molecule has 0 saturated carbocycles. The minimum Gasteiger partial charge on any atom is -0.322 e. The van der Waals surface area contributed by atoms with Crippen LogP contribution in [0.15, 0.2) is 36.4 Å². The summed E-state index contributed by atoms with van der Waals surface area (Å²) in [5, 5.41) is 11.0. The van der Waals surface area contributed by atoms with Crippen molar-refractivity contribution in [2.45, 2.75) is 6.92 Å². The molecule has 1 N–H and O–H groups in total. The zero-order chi connectivity index (χ0) is 14.7. The van der Waals surface area contributed by atoms with Crippen molar-refractivity contribution >= 4 is 11.6 Å². The van der Waals surface area contributed by atoms with Gasteiger partial charge < -0.3 is 5.32 Å². The molecule has 2 rings (SSSR count). The Bertz CT molecular complexity index is 703. The predicted octanol–water partition coefficient (Wildman–Crippen LogP) is 3.40. The van der Waals surface area contributed by atoms with E-state index in [0.717, 1.165) is 6.07 Å². The Labute approximate surface area is 114 Å². The van der Waals surface area contributed by atoms with E-state index in [0.29, 0.717) is 11.3 Å². The highest BCUT2D eigenvalue weighted by Crippen LogP contribution is 2.18. The Morgan fingerprint density at radius 1 is 1.15 bits per heavy atom. The maximum Gasteiger partial charge on any atom is 0.261 e. The molecule has 2 aromatic carbocycles. The maximum atomic E-state index is 13.8. The lowest BCUT2D eigenvalue weighted by Crippen LogP contribution is -2.16. The number of nitrogens with one attached hydrogen (secondary N) is 1. The quantitative estimate of drug-likeness (QED) is 0.911. The molecule has 0 bridgehead atoms. The van der Waals surface area contributed by atoms with E-state index in [4.69, 9.17) is 5.26 Å². The Morgan fingerprint density at radius 3 is 2.40 bits per heavy atom. The van der Waals surface area contributed by atoms with Crippen molar-refractivity contribution in [1.29, 1.82) is 5.26 Å². The molecule has 0 atom stereocenters. The number of nitriles is 1. The van der Waals surface area contributed by atoms with Gasteiger partial charge in [0.2, 0.25) is 0 Å². The van der Waals surface area contributed by atoms with Crippen LogP contribution in [0.1, 0.15) is 21.5 Å². The summed E-state index contributed by atoms with van der Waals surface area (Å²) in [6.07, 6.45) is 0. The number of rotatable bonds is 2. The van der Waals surface area contributed by atoms with Crippen LogP contribution in [0.2, 0.25) is 0 Å². The van der Waals surface area contributed by atoms with E-state index in [1.54, 1.807) is 0 Å². The monoisotopic (exact) mass is 272 g/mol. The van der Waals surface area contributed by atoms with E-state index in [1.807, 2.05) is 6.07 Å². The molecule has 2 aromatic rings. The highest BCUT2D eigenvalue weighted by molar-refractivity contribution is 6.04. The lowest BCUT2D eigenvalue weighted by molar-refractivity contribution is 0.101. The molecule has 5 heteroatoms. The summed E-state index contributed by atoms with van der Waals surface area (Å²) >= 11 is 0. The van der Waals surface area contributed by atoms with Gasteiger partial charge in [-0.2, -0.15) is 5.26 Å². The lowest BCUT2D eigenvalue weighted by Gasteiger charge is -2.08. The molecule has 0 aliphatic carbocycles. The van der Waals surface area contributed by atoms with E-state index in [2.05, 4.69) is 5.32 Å². The van der Waals surface area contributed by atoms with Crippen LogP contribution in [-0.2, 0) is 0 Å². The number of carbonyl (C=O) groups excluding carboxylic acids is 1. The summed E-state index contributed by atoms with van der Waals surface area (Å²) in [6.45, 7) is 1.45. The molecule has 0 aromatic heterocycles. The fourth-order valence-electron chi connectivity index (χ4n) is 1.69. The average Bonchev–Trinajstić information content (AvgIpc) is 2.44. The number of hydrogen-bond acceptors (Lipinski definition) is 2. The average molecular weight is 272 g/mol. The number of hydrogen-bond donors (Lipinski definition) is 1. The van der Waals surface area contributed by atoms with Gasteiger partial charge >= 0.3 is 0 Å². The number of nitrogens with zero attached hydrogens (tertiary/aromatic N) is 1. The molecule has 0 heterocycles. The number of aryl methyl sites for hydroxylation is 1. The fraction of sp³-hybridized carbons (Fsp3) is 0.0667. The lowest BCUT2D eigenvalue weighted by atomic mass is 10.1. The van der Waals surface area contributed by atoms with Crippen LogP contribution < -0.4 is 5.32 Å². The van der Waals surface area contributed by atoms with Gasteiger partial charge in [-0.25, -0.2) is 8.78 Å². The van der Waals surface area contributed by atoms with E-state index >= 15 is 0 Å². The van der Waals surface area contributed by atoms with Gasteiger partial charge in [-0.3, -0.25) is 4.79 Å². The molecule has 20 heavy (non-hydrogen) atoms. The second-order valence-corrected chi connectivity index (χ2v) is 4.20.